The van der Waals surface area contributed by atoms with Crippen LogP contribution in [0.4, 0.5) is 0 Å². The lowest BCUT2D eigenvalue weighted by Crippen LogP contribution is -2.32. The van der Waals surface area contributed by atoms with Gasteiger partial charge in [0.05, 0.1) is 19.8 Å². The predicted octanol–water partition coefficient (Wildman–Crippen LogP) is 1.97. The van der Waals surface area contributed by atoms with Crippen LogP contribution < -0.4 is 15.2 Å². The lowest BCUT2D eigenvalue weighted by molar-refractivity contribution is 0.0292. The van der Waals surface area contributed by atoms with E-state index in [1.165, 1.54) is 6.42 Å². The third-order valence-electron chi connectivity index (χ3n) is 3.25. The molecular weight excluding hydrogens is 230 g/mol. The van der Waals surface area contributed by atoms with Crippen LogP contribution in [0.25, 0.3) is 0 Å². The van der Waals surface area contributed by atoms with E-state index in [4.69, 9.17) is 19.9 Å². The summed E-state index contributed by atoms with van der Waals surface area (Å²) < 4.78 is 16.6. The zero-order chi connectivity index (χ0) is 12.8. The van der Waals surface area contributed by atoms with Gasteiger partial charge in [-0.2, -0.15) is 0 Å². The van der Waals surface area contributed by atoms with Crippen LogP contribution in [0.15, 0.2) is 24.3 Å². The van der Waals surface area contributed by atoms with Gasteiger partial charge in [0, 0.05) is 6.04 Å². The van der Waals surface area contributed by atoms with Crippen molar-refractivity contribution in [2.75, 3.05) is 20.3 Å². The Bertz CT molecular complexity index is 370. The number of benzene rings is 1. The monoisotopic (exact) mass is 251 g/mol. The number of rotatable bonds is 6. The Morgan fingerprint density at radius 3 is 2.61 bits per heavy atom. The molecule has 0 bridgehead atoms. The fraction of sp³-hybridized carbons (Fsp3) is 0.571. The molecule has 2 atom stereocenters. The van der Waals surface area contributed by atoms with E-state index >= 15 is 0 Å². The van der Waals surface area contributed by atoms with Gasteiger partial charge in [0.2, 0.25) is 0 Å². The van der Waals surface area contributed by atoms with E-state index in [0.29, 0.717) is 13.2 Å². The summed E-state index contributed by atoms with van der Waals surface area (Å²) >= 11 is 0. The van der Waals surface area contributed by atoms with E-state index in [0.717, 1.165) is 24.3 Å². The third kappa shape index (κ3) is 3.37. The molecule has 2 rings (SSSR count). The topological polar surface area (TPSA) is 53.7 Å². The molecule has 0 radical (unpaired) electrons. The molecule has 1 aliphatic rings. The highest BCUT2D eigenvalue weighted by atomic mass is 16.5. The first-order chi connectivity index (χ1) is 8.81. The average Bonchev–Trinajstić information content (AvgIpc) is 2.81. The normalized spacial score (nSPS) is 23.0. The Balaban J connectivity index is 1.71. The van der Waals surface area contributed by atoms with E-state index in [1.807, 2.05) is 24.3 Å². The van der Waals surface area contributed by atoms with Crippen LogP contribution >= 0.6 is 0 Å². The number of ether oxygens (including phenoxy) is 3. The molecule has 1 aliphatic carbocycles. The summed E-state index contributed by atoms with van der Waals surface area (Å²) in [4.78, 5) is 0. The molecule has 18 heavy (non-hydrogen) atoms. The van der Waals surface area contributed by atoms with Crippen molar-refractivity contribution in [3.05, 3.63) is 24.3 Å². The lowest BCUT2D eigenvalue weighted by Gasteiger charge is -2.17. The SMILES string of the molecule is COc1ccccc1OCCOC1CCCC1N. The summed E-state index contributed by atoms with van der Waals surface area (Å²) in [6.45, 7) is 1.08. The van der Waals surface area contributed by atoms with Gasteiger partial charge in [-0.25, -0.2) is 0 Å². The molecule has 0 saturated heterocycles. The first-order valence-electron chi connectivity index (χ1n) is 6.44. The van der Waals surface area contributed by atoms with Crippen molar-refractivity contribution >= 4 is 0 Å². The number of hydrogen-bond acceptors (Lipinski definition) is 4. The Morgan fingerprint density at radius 2 is 1.94 bits per heavy atom. The van der Waals surface area contributed by atoms with E-state index in [2.05, 4.69) is 0 Å². The molecule has 1 aromatic rings. The minimum Gasteiger partial charge on any atom is -0.493 e. The molecule has 0 heterocycles. The largest absolute Gasteiger partial charge is 0.493 e. The first-order valence-corrected chi connectivity index (χ1v) is 6.44. The van der Waals surface area contributed by atoms with Crippen LogP contribution in [-0.2, 0) is 4.74 Å². The van der Waals surface area contributed by atoms with Crippen LogP contribution in [0.1, 0.15) is 19.3 Å². The molecule has 1 fully saturated rings. The summed E-state index contributed by atoms with van der Waals surface area (Å²) in [7, 11) is 1.64. The van der Waals surface area contributed by atoms with Crippen molar-refractivity contribution < 1.29 is 14.2 Å². The maximum absolute atomic E-state index is 5.93. The summed E-state index contributed by atoms with van der Waals surface area (Å²) in [5.74, 6) is 1.49. The molecule has 1 saturated carbocycles. The summed E-state index contributed by atoms with van der Waals surface area (Å²) in [6.07, 6.45) is 3.50. The van der Waals surface area contributed by atoms with Gasteiger partial charge in [0.1, 0.15) is 6.61 Å². The molecule has 0 amide bonds. The molecule has 1 aromatic carbocycles. The van der Waals surface area contributed by atoms with Gasteiger partial charge in [0.15, 0.2) is 11.5 Å². The zero-order valence-electron chi connectivity index (χ0n) is 10.8. The molecule has 0 aromatic heterocycles. The fourth-order valence-electron chi connectivity index (χ4n) is 2.25. The smallest absolute Gasteiger partial charge is 0.161 e. The summed E-state index contributed by atoms with van der Waals surface area (Å²) in [5, 5.41) is 0. The Hall–Kier alpha value is -1.26. The highest BCUT2D eigenvalue weighted by Crippen LogP contribution is 2.25. The molecular formula is C14H21NO3. The third-order valence-corrected chi connectivity index (χ3v) is 3.25. The maximum Gasteiger partial charge on any atom is 0.161 e. The summed E-state index contributed by atoms with van der Waals surface area (Å²) in [6, 6.07) is 7.80. The van der Waals surface area contributed by atoms with Crippen molar-refractivity contribution in [1.82, 2.24) is 0 Å². The Labute approximate surface area is 108 Å². The van der Waals surface area contributed by atoms with Crippen molar-refractivity contribution in [1.29, 1.82) is 0 Å². The van der Waals surface area contributed by atoms with Crippen LogP contribution in [-0.4, -0.2) is 32.5 Å². The van der Waals surface area contributed by atoms with Gasteiger partial charge < -0.3 is 19.9 Å². The number of hydrogen-bond donors (Lipinski definition) is 1. The van der Waals surface area contributed by atoms with Crippen LogP contribution in [0.3, 0.4) is 0 Å². The number of nitrogens with two attached hydrogens (primary N) is 1. The van der Waals surface area contributed by atoms with Crippen LogP contribution in [0.2, 0.25) is 0 Å². The number of para-hydroxylation sites is 2. The van der Waals surface area contributed by atoms with E-state index in [1.54, 1.807) is 7.11 Å². The van der Waals surface area contributed by atoms with Crippen LogP contribution in [0.5, 0.6) is 11.5 Å². The van der Waals surface area contributed by atoms with Crippen LogP contribution in [0, 0.1) is 0 Å². The molecule has 4 heteroatoms. The minimum absolute atomic E-state index is 0.191. The standard InChI is InChI=1S/C14H21NO3/c1-16-13-6-2-3-7-14(13)18-10-9-17-12-8-4-5-11(12)15/h2-3,6-7,11-12H,4-5,8-10,15H2,1H3. The Morgan fingerprint density at radius 1 is 1.17 bits per heavy atom. The molecule has 0 aliphatic heterocycles. The fourth-order valence-corrected chi connectivity index (χ4v) is 2.25. The van der Waals surface area contributed by atoms with Gasteiger partial charge in [-0.3, -0.25) is 0 Å². The zero-order valence-corrected chi connectivity index (χ0v) is 10.8. The highest BCUT2D eigenvalue weighted by Gasteiger charge is 2.24. The average molecular weight is 251 g/mol. The van der Waals surface area contributed by atoms with Gasteiger partial charge >= 0.3 is 0 Å². The first kappa shape index (κ1) is 13.2. The van der Waals surface area contributed by atoms with Gasteiger partial charge in [-0.05, 0) is 31.4 Å². The quantitative estimate of drug-likeness (QED) is 0.785. The molecule has 100 valence electrons. The number of methoxy groups -OCH3 is 1. The van der Waals surface area contributed by atoms with Crippen molar-refractivity contribution in [3.63, 3.8) is 0 Å². The second kappa shape index (κ2) is 6.61. The van der Waals surface area contributed by atoms with E-state index < -0.39 is 0 Å². The van der Waals surface area contributed by atoms with Crippen molar-refractivity contribution in [2.24, 2.45) is 5.73 Å². The van der Waals surface area contributed by atoms with Crippen molar-refractivity contribution in [2.45, 2.75) is 31.4 Å². The maximum atomic E-state index is 5.93. The highest BCUT2D eigenvalue weighted by molar-refractivity contribution is 5.39. The van der Waals surface area contributed by atoms with Gasteiger partial charge in [-0.15, -0.1) is 0 Å². The molecule has 4 nitrogen and oxygen atoms in total. The predicted molar refractivity (Wildman–Crippen MR) is 70.1 cm³/mol. The van der Waals surface area contributed by atoms with Crippen molar-refractivity contribution in [3.8, 4) is 11.5 Å². The van der Waals surface area contributed by atoms with E-state index in [-0.39, 0.29) is 12.1 Å². The summed E-state index contributed by atoms with van der Waals surface area (Å²) in [5.41, 5.74) is 5.93. The Kier molecular flexibility index (Phi) is 4.84. The second-order valence-corrected chi connectivity index (χ2v) is 4.50. The molecule has 0 spiro atoms. The molecule has 2 N–H and O–H groups in total. The van der Waals surface area contributed by atoms with Gasteiger partial charge in [-0.1, -0.05) is 12.1 Å². The minimum atomic E-state index is 0.191. The van der Waals surface area contributed by atoms with Gasteiger partial charge in [0.25, 0.3) is 0 Å². The van der Waals surface area contributed by atoms with E-state index in [9.17, 15) is 0 Å². The molecule has 2 unspecified atom stereocenters. The lowest BCUT2D eigenvalue weighted by atomic mass is 10.2. The second-order valence-electron chi connectivity index (χ2n) is 4.50.